The van der Waals surface area contributed by atoms with Gasteiger partial charge in [-0.1, -0.05) is 35.8 Å². The number of aliphatic hydroxyl groups is 1. The molecule has 2 N–H and O–H groups in total. The lowest BCUT2D eigenvalue weighted by Crippen LogP contribution is -2.28. The van der Waals surface area contributed by atoms with Gasteiger partial charge in [0.2, 0.25) is 0 Å². The lowest BCUT2D eigenvalue weighted by atomic mass is 10.1. The number of rotatable bonds is 5. The quantitative estimate of drug-likeness (QED) is 0.874. The van der Waals surface area contributed by atoms with E-state index in [9.17, 15) is 9.50 Å². The third kappa shape index (κ3) is 3.85. The molecular formula is C12H17BrFNO. The van der Waals surface area contributed by atoms with Crippen LogP contribution in [0.5, 0.6) is 0 Å². The van der Waals surface area contributed by atoms with Gasteiger partial charge in [0.25, 0.3) is 0 Å². The zero-order valence-corrected chi connectivity index (χ0v) is 11.1. The summed E-state index contributed by atoms with van der Waals surface area (Å²) in [5.74, 6) is 0.226. The lowest BCUT2D eigenvalue weighted by molar-refractivity contribution is 0.240. The summed E-state index contributed by atoms with van der Waals surface area (Å²) in [7, 11) is 0. The summed E-state index contributed by atoms with van der Waals surface area (Å²) in [5.41, 5.74) is 0.879. The Bertz CT molecular complexity index is 344. The zero-order valence-electron chi connectivity index (χ0n) is 9.50. The molecule has 0 aliphatic carbocycles. The largest absolute Gasteiger partial charge is 0.394 e. The molecule has 0 saturated heterocycles. The first-order valence-corrected chi connectivity index (χ1v) is 6.13. The van der Waals surface area contributed by atoms with Crippen LogP contribution in [0, 0.1) is 11.7 Å². The van der Waals surface area contributed by atoms with Crippen LogP contribution in [-0.4, -0.2) is 18.3 Å². The second-order valence-electron chi connectivity index (χ2n) is 4.20. The molecule has 1 aromatic carbocycles. The van der Waals surface area contributed by atoms with Crippen LogP contribution in [0.15, 0.2) is 22.7 Å². The third-order valence-corrected chi connectivity index (χ3v) is 2.98. The molecule has 0 saturated carbocycles. The number of benzene rings is 1. The first kappa shape index (κ1) is 13.6. The van der Waals surface area contributed by atoms with Crippen LogP contribution < -0.4 is 5.32 Å². The van der Waals surface area contributed by atoms with E-state index in [1.165, 1.54) is 12.1 Å². The Kier molecular flexibility index (Phi) is 5.38. The van der Waals surface area contributed by atoms with Gasteiger partial charge in [-0.3, -0.25) is 0 Å². The van der Waals surface area contributed by atoms with Gasteiger partial charge in [-0.05, 0) is 30.2 Å². The second kappa shape index (κ2) is 6.33. The van der Waals surface area contributed by atoms with E-state index in [0.717, 1.165) is 12.1 Å². The maximum Gasteiger partial charge on any atom is 0.124 e. The van der Waals surface area contributed by atoms with Crippen molar-refractivity contribution < 1.29 is 9.50 Å². The fraction of sp³-hybridized carbons (Fsp3) is 0.500. The second-order valence-corrected chi connectivity index (χ2v) is 5.06. The van der Waals surface area contributed by atoms with E-state index < -0.39 is 0 Å². The molecule has 0 aliphatic rings. The summed E-state index contributed by atoms with van der Waals surface area (Å²) in [6.45, 7) is 5.01. The summed E-state index contributed by atoms with van der Waals surface area (Å²) in [4.78, 5) is 0. The summed E-state index contributed by atoms with van der Waals surface area (Å²) in [5, 5.41) is 12.6. The molecule has 0 heterocycles. The van der Waals surface area contributed by atoms with Crippen molar-refractivity contribution in [3.05, 3.63) is 34.1 Å². The molecule has 0 spiro atoms. The average Bonchev–Trinajstić information content (AvgIpc) is 2.21. The first-order valence-electron chi connectivity index (χ1n) is 5.33. The van der Waals surface area contributed by atoms with Gasteiger partial charge in [-0.15, -0.1) is 0 Å². The smallest absolute Gasteiger partial charge is 0.124 e. The minimum absolute atomic E-state index is 0.00302. The van der Waals surface area contributed by atoms with Gasteiger partial charge in [0, 0.05) is 4.47 Å². The van der Waals surface area contributed by atoms with Crippen LogP contribution in [0.3, 0.4) is 0 Å². The average molecular weight is 290 g/mol. The Hall–Kier alpha value is -0.450. The van der Waals surface area contributed by atoms with E-state index in [4.69, 9.17) is 0 Å². The van der Waals surface area contributed by atoms with Crippen LogP contribution in [0.2, 0.25) is 0 Å². The fourth-order valence-electron chi connectivity index (χ4n) is 1.43. The molecule has 1 rings (SSSR count). The van der Waals surface area contributed by atoms with Crippen LogP contribution >= 0.6 is 15.9 Å². The Balaban J connectivity index is 2.78. The topological polar surface area (TPSA) is 32.3 Å². The van der Waals surface area contributed by atoms with Crippen molar-refractivity contribution in [3.8, 4) is 0 Å². The number of nitrogens with one attached hydrogen (secondary N) is 1. The summed E-state index contributed by atoms with van der Waals surface area (Å²) < 4.78 is 13.6. The van der Waals surface area contributed by atoms with Crippen LogP contribution in [0.4, 0.5) is 4.39 Å². The Morgan fingerprint density at radius 3 is 2.62 bits per heavy atom. The van der Waals surface area contributed by atoms with E-state index in [-0.39, 0.29) is 18.5 Å². The number of halogens is 2. The highest BCUT2D eigenvalue weighted by atomic mass is 79.9. The van der Waals surface area contributed by atoms with Gasteiger partial charge < -0.3 is 10.4 Å². The van der Waals surface area contributed by atoms with Crippen molar-refractivity contribution in [3.63, 3.8) is 0 Å². The number of aliphatic hydroxyl groups excluding tert-OH is 1. The van der Waals surface area contributed by atoms with Gasteiger partial charge in [0.1, 0.15) is 5.82 Å². The minimum atomic E-state index is -0.281. The molecule has 1 atom stereocenters. The standard InChI is InChI=1S/C12H17BrFNO/c1-8(2)6-15-12(7-16)10-4-3-9(14)5-11(10)13/h3-5,8,12,15-16H,6-7H2,1-2H3. The molecule has 90 valence electrons. The molecule has 0 aromatic heterocycles. The molecule has 1 unspecified atom stereocenters. The van der Waals surface area contributed by atoms with Crippen LogP contribution in [0.25, 0.3) is 0 Å². The van der Waals surface area contributed by atoms with Crippen molar-refractivity contribution in [2.45, 2.75) is 19.9 Å². The third-order valence-electron chi connectivity index (χ3n) is 2.29. The summed E-state index contributed by atoms with van der Waals surface area (Å²) in [6, 6.07) is 4.35. The van der Waals surface area contributed by atoms with E-state index >= 15 is 0 Å². The van der Waals surface area contributed by atoms with Crippen LogP contribution in [0.1, 0.15) is 25.5 Å². The fourth-order valence-corrected chi connectivity index (χ4v) is 2.06. The lowest BCUT2D eigenvalue weighted by Gasteiger charge is -2.19. The Morgan fingerprint density at radius 1 is 1.44 bits per heavy atom. The van der Waals surface area contributed by atoms with Gasteiger partial charge in [0.15, 0.2) is 0 Å². The molecule has 1 aromatic rings. The van der Waals surface area contributed by atoms with Gasteiger partial charge in [-0.25, -0.2) is 4.39 Å². The molecule has 0 fully saturated rings. The van der Waals surface area contributed by atoms with Crippen molar-refractivity contribution >= 4 is 15.9 Å². The van der Waals surface area contributed by atoms with Crippen molar-refractivity contribution in [1.29, 1.82) is 0 Å². The highest BCUT2D eigenvalue weighted by Crippen LogP contribution is 2.24. The Labute approximate surface area is 104 Å². The molecule has 0 amide bonds. The normalized spacial score (nSPS) is 13.1. The van der Waals surface area contributed by atoms with Crippen molar-refractivity contribution in [1.82, 2.24) is 5.32 Å². The monoisotopic (exact) mass is 289 g/mol. The molecule has 2 nitrogen and oxygen atoms in total. The summed E-state index contributed by atoms with van der Waals surface area (Å²) >= 11 is 3.30. The molecular weight excluding hydrogens is 273 g/mol. The maximum atomic E-state index is 12.9. The predicted octanol–water partition coefficient (Wildman–Crippen LogP) is 2.87. The van der Waals surface area contributed by atoms with Crippen molar-refractivity contribution in [2.24, 2.45) is 5.92 Å². The molecule has 0 aliphatic heterocycles. The van der Waals surface area contributed by atoms with Crippen molar-refractivity contribution in [2.75, 3.05) is 13.2 Å². The minimum Gasteiger partial charge on any atom is -0.394 e. The predicted molar refractivity (Wildman–Crippen MR) is 66.8 cm³/mol. The maximum absolute atomic E-state index is 12.9. The van der Waals surface area contributed by atoms with Gasteiger partial charge in [-0.2, -0.15) is 0 Å². The summed E-state index contributed by atoms with van der Waals surface area (Å²) in [6.07, 6.45) is 0. The molecule has 0 bridgehead atoms. The van der Waals surface area contributed by atoms with E-state index in [0.29, 0.717) is 10.4 Å². The highest BCUT2D eigenvalue weighted by Gasteiger charge is 2.13. The highest BCUT2D eigenvalue weighted by molar-refractivity contribution is 9.10. The molecule has 16 heavy (non-hydrogen) atoms. The number of hydrogen-bond acceptors (Lipinski definition) is 2. The van der Waals surface area contributed by atoms with Gasteiger partial charge >= 0.3 is 0 Å². The van der Waals surface area contributed by atoms with E-state index in [1.54, 1.807) is 6.07 Å². The zero-order chi connectivity index (χ0) is 12.1. The van der Waals surface area contributed by atoms with Gasteiger partial charge in [0.05, 0.1) is 12.6 Å². The van der Waals surface area contributed by atoms with Crippen LogP contribution in [-0.2, 0) is 0 Å². The first-order chi connectivity index (χ1) is 7.54. The van der Waals surface area contributed by atoms with E-state index in [2.05, 4.69) is 35.1 Å². The van der Waals surface area contributed by atoms with E-state index in [1.807, 2.05) is 0 Å². The molecule has 0 radical (unpaired) electrons. The number of hydrogen-bond donors (Lipinski definition) is 2. The molecule has 4 heteroatoms. The SMILES string of the molecule is CC(C)CNC(CO)c1ccc(F)cc1Br. The Morgan fingerprint density at radius 2 is 2.12 bits per heavy atom.